The van der Waals surface area contributed by atoms with Crippen LogP contribution in [-0.2, 0) is 0 Å². The minimum atomic E-state index is 0.110. The summed E-state index contributed by atoms with van der Waals surface area (Å²) in [4.78, 5) is 0. The van der Waals surface area contributed by atoms with E-state index < -0.39 is 0 Å². The van der Waals surface area contributed by atoms with E-state index in [2.05, 4.69) is 32.2 Å². The molecule has 1 unspecified atom stereocenters. The zero-order valence-corrected chi connectivity index (χ0v) is 7.23. The van der Waals surface area contributed by atoms with Crippen molar-refractivity contribution < 1.29 is 0 Å². The Morgan fingerprint density at radius 1 is 1.50 bits per heavy atom. The smallest absolute Gasteiger partial charge is 0.0666 e. The van der Waals surface area contributed by atoms with Crippen molar-refractivity contribution in [1.82, 2.24) is 5.32 Å². The molecular formula is C8H16N2. The molecule has 0 saturated heterocycles. The zero-order valence-electron chi connectivity index (χ0n) is 7.23. The molecule has 10 heavy (non-hydrogen) atoms. The Labute approximate surface area is 63.2 Å². The number of hydrogen-bond acceptors (Lipinski definition) is 2. The zero-order chi connectivity index (χ0) is 8.20. The van der Waals surface area contributed by atoms with Gasteiger partial charge in [0.05, 0.1) is 12.0 Å². The molecule has 0 aromatic heterocycles. The second-order valence-electron chi connectivity index (χ2n) is 3.66. The van der Waals surface area contributed by atoms with Crippen LogP contribution >= 0.6 is 0 Å². The first kappa shape index (κ1) is 9.45. The van der Waals surface area contributed by atoms with Gasteiger partial charge in [0.2, 0.25) is 0 Å². The molecule has 0 aromatic rings. The molecule has 0 aromatic carbocycles. The van der Waals surface area contributed by atoms with Crippen molar-refractivity contribution in [3.05, 3.63) is 0 Å². The molecule has 0 aliphatic carbocycles. The van der Waals surface area contributed by atoms with Crippen LogP contribution in [0.2, 0.25) is 0 Å². The highest BCUT2D eigenvalue weighted by atomic mass is 14.9. The van der Waals surface area contributed by atoms with Crippen LogP contribution < -0.4 is 5.32 Å². The van der Waals surface area contributed by atoms with Crippen LogP contribution in [-0.4, -0.2) is 12.1 Å². The van der Waals surface area contributed by atoms with Crippen LogP contribution in [0.25, 0.3) is 0 Å². The van der Waals surface area contributed by atoms with Gasteiger partial charge in [-0.05, 0) is 27.7 Å². The molecule has 0 aliphatic rings. The summed E-state index contributed by atoms with van der Waals surface area (Å²) in [5.41, 5.74) is 0.130. The maximum absolute atomic E-state index is 8.44. The highest BCUT2D eigenvalue weighted by molar-refractivity contribution is 4.82. The number of nitrogens with one attached hydrogen (secondary N) is 1. The van der Waals surface area contributed by atoms with Crippen molar-refractivity contribution in [2.75, 3.05) is 6.54 Å². The molecule has 2 heteroatoms. The van der Waals surface area contributed by atoms with Crippen LogP contribution in [0.15, 0.2) is 0 Å². The SMILES string of the molecule is CC(C#N)CNC(C)(C)C. The maximum Gasteiger partial charge on any atom is 0.0666 e. The van der Waals surface area contributed by atoms with Crippen LogP contribution in [0.4, 0.5) is 0 Å². The number of nitriles is 1. The van der Waals surface area contributed by atoms with Crippen molar-refractivity contribution in [2.24, 2.45) is 5.92 Å². The minimum Gasteiger partial charge on any atom is -0.311 e. The molecule has 0 amide bonds. The monoisotopic (exact) mass is 140 g/mol. The minimum absolute atomic E-state index is 0.110. The van der Waals surface area contributed by atoms with Crippen molar-refractivity contribution >= 4 is 0 Å². The topological polar surface area (TPSA) is 35.8 Å². The lowest BCUT2D eigenvalue weighted by Crippen LogP contribution is -2.38. The van der Waals surface area contributed by atoms with E-state index in [9.17, 15) is 0 Å². The molecule has 0 rings (SSSR count). The number of hydrogen-bond donors (Lipinski definition) is 1. The largest absolute Gasteiger partial charge is 0.311 e. The molecule has 1 N–H and O–H groups in total. The van der Waals surface area contributed by atoms with Crippen molar-refractivity contribution in [2.45, 2.75) is 33.2 Å². The first-order valence-electron chi connectivity index (χ1n) is 3.60. The lowest BCUT2D eigenvalue weighted by Gasteiger charge is -2.20. The Bertz CT molecular complexity index is 127. The molecule has 0 bridgehead atoms. The Hall–Kier alpha value is -0.550. The van der Waals surface area contributed by atoms with E-state index in [0.29, 0.717) is 0 Å². The Kier molecular flexibility index (Phi) is 3.38. The molecule has 0 saturated carbocycles. The average molecular weight is 140 g/mol. The molecule has 0 radical (unpaired) electrons. The highest BCUT2D eigenvalue weighted by Crippen LogP contribution is 1.99. The van der Waals surface area contributed by atoms with E-state index in [1.54, 1.807) is 0 Å². The lowest BCUT2D eigenvalue weighted by molar-refractivity contribution is 0.407. The molecule has 2 nitrogen and oxygen atoms in total. The second kappa shape index (κ2) is 3.58. The summed E-state index contributed by atoms with van der Waals surface area (Å²) in [6.45, 7) is 8.98. The van der Waals surface area contributed by atoms with Gasteiger partial charge in [-0.1, -0.05) is 0 Å². The van der Waals surface area contributed by atoms with E-state index in [1.165, 1.54) is 0 Å². The normalized spacial score (nSPS) is 14.3. The number of nitrogens with zero attached hydrogens (tertiary/aromatic N) is 1. The lowest BCUT2D eigenvalue weighted by atomic mass is 10.1. The van der Waals surface area contributed by atoms with E-state index in [4.69, 9.17) is 5.26 Å². The van der Waals surface area contributed by atoms with Gasteiger partial charge in [-0.2, -0.15) is 5.26 Å². The van der Waals surface area contributed by atoms with E-state index >= 15 is 0 Å². The van der Waals surface area contributed by atoms with Gasteiger partial charge in [0, 0.05) is 12.1 Å². The van der Waals surface area contributed by atoms with Crippen molar-refractivity contribution in [3.8, 4) is 6.07 Å². The molecule has 0 fully saturated rings. The molecule has 0 spiro atoms. The predicted molar refractivity (Wildman–Crippen MR) is 42.5 cm³/mol. The van der Waals surface area contributed by atoms with E-state index in [-0.39, 0.29) is 11.5 Å². The summed E-state index contributed by atoms with van der Waals surface area (Å²) in [6.07, 6.45) is 0. The maximum atomic E-state index is 8.44. The second-order valence-corrected chi connectivity index (χ2v) is 3.66. The Morgan fingerprint density at radius 3 is 2.30 bits per heavy atom. The summed E-state index contributed by atoms with van der Waals surface area (Å²) in [5.74, 6) is 0.110. The van der Waals surface area contributed by atoms with E-state index in [0.717, 1.165) is 6.54 Å². The molecular weight excluding hydrogens is 124 g/mol. The fourth-order valence-electron chi connectivity index (χ4n) is 0.505. The molecule has 0 heterocycles. The first-order chi connectivity index (χ1) is 4.45. The molecule has 1 atom stereocenters. The van der Waals surface area contributed by atoms with Gasteiger partial charge in [0.25, 0.3) is 0 Å². The summed E-state index contributed by atoms with van der Waals surface area (Å²) in [6, 6.07) is 2.17. The van der Waals surface area contributed by atoms with Gasteiger partial charge in [-0.25, -0.2) is 0 Å². The number of rotatable bonds is 2. The van der Waals surface area contributed by atoms with Crippen molar-refractivity contribution in [3.63, 3.8) is 0 Å². The van der Waals surface area contributed by atoms with Gasteiger partial charge in [0.1, 0.15) is 0 Å². The van der Waals surface area contributed by atoms with Crippen LogP contribution in [0, 0.1) is 17.2 Å². The van der Waals surface area contributed by atoms with E-state index in [1.807, 2.05) is 6.92 Å². The summed E-state index contributed by atoms with van der Waals surface area (Å²) >= 11 is 0. The van der Waals surface area contributed by atoms with Gasteiger partial charge < -0.3 is 5.32 Å². The van der Waals surface area contributed by atoms with Gasteiger partial charge >= 0.3 is 0 Å². The first-order valence-corrected chi connectivity index (χ1v) is 3.60. The third-order valence-electron chi connectivity index (χ3n) is 1.16. The molecule has 58 valence electrons. The third-order valence-corrected chi connectivity index (χ3v) is 1.16. The fraction of sp³-hybridized carbons (Fsp3) is 0.875. The quantitative estimate of drug-likeness (QED) is 0.631. The summed E-state index contributed by atoms with van der Waals surface area (Å²) < 4.78 is 0. The van der Waals surface area contributed by atoms with Gasteiger partial charge in [-0.3, -0.25) is 0 Å². The van der Waals surface area contributed by atoms with Crippen LogP contribution in [0.5, 0.6) is 0 Å². The van der Waals surface area contributed by atoms with Gasteiger partial charge in [0.15, 0.2) is 0 Å². The standard InChI is InChI=1S/C8H16N2/c1-7(5-9)6-10-8(2,3)4/h7,10H,6H2,1-4H3. The highest BCUT2D eigenvalue weighted by Gasteiger charge is 2.09. The Balaban J connectivity index is 3.48. The Morgan fingerprint density at radius 2 is 2.00 bits per heavy atom. The predicted octanol–water partition coefficient (Wildman–Crippen LogP) is 1.53. The summed E-state index contributed by atoms with van der Waals surface area (Å²) in [5, 5.41) is 11.7. The third kappa shape index (κ3) is 5.58. The fourth-order valence-corrected chi connectivity index (χ4v) is 0.505. The van der Waals surface area contributed by atoms with Crippen LogP contribution in [0.1, 0.15) is 27.7 Å². The van der Waals surface area contributed by atoms with Crippen LogP contribution in [0.3, 0.4) is 0 Å². The van der Waals surface area contributed by atoms with Crippen molar-refractivity contribution in [1.29, 1.82) is 5.26 Å². The average Bonchev–Trinajstić information content (AvgIpc) is 1.81. The molecule has 0 aliphatic heterocycles. The summed E-state index contributed by atoms with van der Waals surface area (Å²) in [7, 11) is 0. The van der Waals surface area contributed by atoms with Gasteiger partial charge in [-0.15, -0.1) is 0 Å².